The van der Waals surface area contributed by atoms with Gasteiger partial charge in [0, 0.05) is 12.2 Å². The van der Waals surface area contributed by atoms with E-state index in [9.17, 15) is 4.79 Å². The van der Waals surface area contributed by atoms with Crippen LogP contribution >= 0.6 is 34.4 Å². The van der Waals surface area contributed by atoms with Crippen LogP contribution in [0.15, 0.2) is 42.5 Å². The monoisotopic (exact) mass is 413 g/mol. The standard InChI is InChI=1S/C20H19N3OS3/c1-13-21-18-16(26-13)10-9-15-19(18)27-20(22-15)23-17(24)8-5-11-25-12-14-6-3-2-4-7-14/h2-4,6-7,9-10H,5,8,11-12H2,1H3,(H,22,23,24). The van der Waals surface area contributed by atoms with Gasteiger partial charge in [-0.25, -0.2) is 9.97 Å². The molecule has 7 heteroatoms. The third-order valence-electron chi connectivity index (χ3n) is 4.07. The number of aromatic nitrogens is 2. The third-order valence-corrected chi connectivity index (χ3v) is 7.12. The molecule has 0 aliphatic heterocycles. The van der Waals surface area contributed by atoms with Gasteiger partial charge in [-0.05, 0) is 36.8 Å². The first-order valence-electron chi connectivity index (χ1n) is 8.77. The molecule has 2 aromatic carbocycles. The van der Waals surface area contributed by atoms with E-state index >= 15 is 0 Å². The van der Waals surface area contributed by atoms with Crippen LogP contribution in [0, 0.1) is 6.92 Å². The number of thioether (sulfide) groups is 1. The quantitative estimate of drug-likeness (QED) is 0.385. The number of carbonyl (C=O) groups excluding carboxylic acids is 1. The third kappa shape index (κ3) is 4.48. The first kappa shape index (κ1) is 18.4. The van der Waals surface area contributed by atoms with Crippen molar-refractivity contribution in [3.05, 3.63) is 53.0 Å². The molecule has 4 rings (SSSR count). The molecule has 0 saturated heterocycles. The number of hydrogen-bond acceptors (Lipinski definition) is 6. The summed E-state index contributed by atoms with van der Waals surface area (Å²) in [5.41, 5.74) is 3.21. The molecule has 0 unspecified atom stereocenters. The van der Waals surface area contributed by atoms with Gasteiger partial charge in [0.2, 0.25) is 5.91 Å². The Morgan fingerprint density at radius 2 is 1.96 bits per heavy atom. The lowest BCUT2D eigenvalue weighted by Gasteiger charge is -2.03. The molecule has 0 saturated carbocycles. The molecule has 27 heavy (non-hydrogen) atoms. The number of rotatable bonds is 7. The zero-order valence-corrected chi connectivity index (χ0v) is 17.3. The summed E-state index contributed by atoms with van der Waals surface area (Å²) in [5.74, 6) is 1.99. The van der Waals surface area contributed by atoms with Crippen LogP contribution in [-0.2, 0) is 10.5 Å². The normalized spacial score (nSPS) is 11.3. The molecule has 2 heterocycles. The van der Waals surface area contributed by atoms with Crippen LogP contribution in [0.1, 0.15) is 23.4 Å². The van der Waals surface area contributed by atoms with Gasteiger partial charge in [0.05, 0.1) is 19.9 Å². The summed E-state index contributed by atoms with van der Waals surface area (Å²) >= 11 is 5.05. The second-order valence-electron chi connectivity index (χ2n) is 6.20. The van der Waals surface area contributed by atoms with Crippen LogP contribution in [0.5, 0.6) is 0 Å². The maximum Gasteiger partial charge on any atom is 0.226 e. The first-order valence-corrected chi connectivity index (χ1v) is 11.6. The Hall–Kier alpha value is -1.96. The number of benzene rings is 2. The van der Waals surface area contributed by atoms with Crippen molar-refractivity contribution in [3.63, 3.8) is 0 Å². The van der Waals surface area contributed by atoms with Gasteiger partial charge in [-0.1, -0.05) is 41.7 Å². The molecule has 0 bridgehead atoms. The lowest BCUT2D eigenvalue weighted by Crippen LogP contribution is -2.11. The van der Waals surface area contributed by atoms with Crippen molar-refractivity contribution in [3.8, 4) is 0 Å². The Morgan fingerprint density at radius 3 is 2.81 bits per heavy atom. The predicted molar refractivity (Wildman–Crippen MR) is 118 cm³/mol. The van der Waals surface area contributed by atoms with E-state index in [2.05, 4.69) is 45.6 Å². The van der Waals surface area contributed by atoms with Crippen LogP contribution in [0.3, 0.4) is 0 Å². The maximum atomic E-state index is 12.2. The van der Waals surface area contributed by atoms with E-state index in [1.165, 1.54) is 16.9 Å². The number of thiazole rings is 2. The molecule has 0 fully saturated rings. The number of fused-ring (bicyclic) bond motifs is 3. The van der Waals surface area contributed by atoms with Crippen molar-refractivity contribution in [2.75, 3.05) is 11.1 Å². The number of anilines is 1. The Bertz CT molecular complexity index is 1070. The van der Waals surface area contributed by atoms with Crippen molar-refractivity contribution >= 4 is 65.9 Å². The average molecular weight is 414 g/mol. The lowest BCUT2D eigenvalue weighted by molar-refractivity contribution is -0.116. The smallest absolute Gasteiger partial charge is 0.226 e. The van der Waals surface area contributed by atoms with E-state index in [0.29, 0.717) is 11.6 Å². The second kappa shape index (κ2) is 8.37. The van der Waals surface area contributed by atoms with Crippen molar-refractivity contribution in [1.82, 2.24) is 9.97 Å². The van der Waals surface area contributed by atoms with E-state index in [-0.39, 0.29) is 5.91 Å². The summed E-state index contributed by atoms with van der Waals surface area (Å²) in [7, 11) is 0. The molecular formula is C20H19N3OS3. The molecule has 0 radical (unpaired) electrons. The number of nitrogens with one attached hydrogen (secondary N) is 1. The fourth-order valence-corrected chi connectivity index (χ4v) is 5.62. The molecule has 0 atom stereocenters. The molecule has 4 aromatic rings. The van der Waals surface area contributed by atoms with Gasteiger partial charge in [-0.15, -0.1) is 11.3 Å². The highest BCUT2D eigenvalue weighted by atomic mass is 32.2. The molecule has 2 aromatic heterocycles. The van der Waals surface area contributed by atoms with Gasteiger partial charge in [0.25, 0.3) is 0 Å². The average Bonchev–Trinajstić information content (AvgIpc) is 3.24. The second-order valence-corrected chi connectivity index (χ2v) is 9.54. The van der Waals surface area contributed by atoms with Crippen LogP contribution < -0.4 is 5.32 Å². The highest BCUT2D eigenvalue weighted by Gasteiger charge is 2.12. The van der Waals surface area contributed by atoms with E-state index in [4.69, 9.17) is 0 Å². The van der Waals surface area contributed by atoms with Gasteiger partial charge >= 0.3 is 0 Å². The minimum absolute atomic E-state index is 0.0278. The molecule has 1 amide bonds. The Labute approximate surface area is 170 Å². The number of amides is 1. The van der Waals surface area contributed by atoms with Gasteiger partial charge < -0.3 is 5.32 Å². The van der Waals surface area contributed by atoms with Crippen LogP contribution in [0.4, 0.5) is 5.13 Å². The fourth-order valence-electron chi connectivity index (χ4n) is 2.82. The molecule has 138 valence electrons. The van der Waals surface area contributed by atoms with Crippen molar-refractivity contribution < 1.29 is 4.79 Å². The van der Waals surface area contributed by atoms with Crippen molar-refractivity contribution in [2.24, 2.45) is 0 Å². The first-order chi connectivity index (χ1) is 13.2. The number of hydrogen-bond donors (Lipinski definition) is 1. The van der Waals surface area contributed by atoms with Crippen molar-refractivity contribution in [1.29, 1.82) is 0 Å². The molecule has 0 spiro atoms. The van der Waals surface area contributed by atoms with Gasteiger partial charge in [-0.3, -0.25) is 4.79 Å². The number of carbonyl (C=O) groups is 1. The van der Waals surface area contributed by atoms with Gasteiger partial charge in [-0.2, -0.15) is 11.8 Å². The molecule has 0 aliphatic rings. The molecular weight excluding hydrogens is 394 g/mol. The minimum atomic E-state index is 0.0278. The minimum Gasteiger partial charge on any atom is -0.302 e. The predicted octanol–water partition coefficient (Wildman–Crippen LogP) is 5.87. The Balaban J connectivity index is 1.29. The highest BCUT2D eigenvalue weighted by molar-refractivity contribution is 7.98. The lowest BCUT2D eigenvalue weighted by atomic mass is 10.2. The van der Waals surface area contributed by atoms with Crippen molar-refractivity contribution in [2.45, 2.75) is 25.5 Å². The zero-order valence-electron chi connectivity index (χ0n) is 14.9. The largest absolute Gasteiger partial charge is 0.302 e. The summed E-state index contributed by atoms with van der Waals surface area (Å²) in [6.45, 7) is 2.01. The number of aryl methyl sites for hydroxylation is 1. The SMILES string of the molecule is Cc1nc2c(ccc3nc(NC(=O)CCCSCc4ccccc4)sc32)s1. The summed E-state index contributed by atoms with van der Waals surface area (Å²) in [4.78, 5) is 21.4. The van der Waals surface area contributed by atoms with E-state index < -0.39 is 0 Å². The van der Waals surface area contributed by atoms with Gasteiger partial charge in [0.1, 0.15) is 5.52 Å². The number of nitrogens with zero attached hydrogens (tertiary/aromatic N) is 2. The van der Waals surface area contributed by atoms with E-state index in [1.54, 1.807) is 11.3 Å². The molecule has 4 nitrogen and oxygen atoms in total. The van der Waals surface area contributed by atoms with Crippen LogP contribution in [0.25, 0.3) is 20.4 Å². The van der Waals surface area contributed by atoms with Crippen LogP contribution in [-0.4, -0.2) is 21.6 Å². The fraction of sp³-hybridized carbons (Fsp3) is 0.250. The molecule has 0 aliphatic carbocycles. The highest BCUT2D eigenvalue weighted by Crippen LogP contribution is 2.34. The zero-order chi connectivity index (χ0) is 18.6. The summed E-state index contributed by atoms with van der Waals surface area (Å²) in [6, 6.07) is 14.5. The van der Waals surface area contributed by atoms with Gasteiger partial charge in [0.15, 0.2) is 5.13 Å². The van der Waals surface area contributed by atoms with E-state index in [1.807, 2.05) is 30.8 Å². The van der Waals surface area contributed by atoms with Crippen LogP contribution in [0.2, 0.25) is 0 Å². The summed E-state index contributed by atoms with van der Waals surface area (Å²) in [6.07, 6.45) is 1.38. The van der Waals surface area contributed by atoms with E-state index in [0.717, 1.165) is 43.4 Å². The Kier molecular flexibility index (Phi) is 5.71. The maximum absolute atomic E-state index is 12.2. The summed E-state index contributed by atoms with van der Waals surface area (Å²) in [5, 5.41) is 4.65. The Morgan fingerprint density at radius 1 is 1.11 bits per heavy atom. The summed E-state index contributed by atoms with van der Waals surface area (Å²) < 4.78 is 2.21. The molecule has 1 N–H and O–H groups in total. The topological polar surface area (TPSA) is 54.9 Å².